The second kappa shape index (κ2) is 12.4. The topological polar surface area (TPSA) is 115 Å². The molecule has 0 aliphatic rings. The molecular formula is C30H28ClNO6S. The molecule has 0 saturated heterocycles. The lowest BCUT2D eigenvalue weighted by atomic mass is 10.1. The number of carboxylic acid groups (broad SMARTS) is 1. The van der Waals surface area contributed by atoms with Gasteiger partial charge in [0.15, 0.2) is 0 Å². The van der Waals surface area contributed by atoms with Crippen LogP contribution in [0.4, 0.5) is 0 Å². The van der Waals surface area contributed by atoms with Gasteiger partial charge in [0.1, 0.15) is 11.3 Å². The Balaban J connectivity index is 1.47. The zero-order valence-corrected chi connectivity index (χ0v) is 22.5. The number of aliphatic hydroxyl groups excluding tert-OH is 1. The van der Waals surface area contributed by atoms with Crippen LogP contribution in [0.1, 0.15) is 33.2 Å². The average molecular weight is 566 g/mol. The summed E-state index contributed by atoms with van der Waals surface area (Å²) < 4.78 is 26.0. The molecule has 1 unspecified atom stereocenters. The molecule has 9 heteroatoms. The standard InChI is InChI=1S/C30H28ClNO6S/c31-24-8-4-7-23(17-24)29(34)20-32(19-22-5-2-1-3-6-22)16-15-21-9-11-25(12-10-21)39(37,38)26-13-14-27(30(35)36)28(33)18-26/h1-14,17-18,29,33-34H,15-16,19-20H2,(H,35,36). The Labute approximate surface area is 232 Å². The van der Waals surface area contributed by atoms with Crippen molar-refractivity contribution in [3.05, 3.63) is 124 Å². The van der Waals surface area contributed by atoms with Gasteiger partial charge in [-0.2, -0.15) is 0 Å². The first-order valence-electron chi connectivity index (χ1n) is 12.2. The molecule has 0 amide bonds. The van der Waals surface area contributed by atoms with E-state index in [2.05, 4.69) is 4.90 Å². The van der Waals surface area contributed by atoms with Crippen LogP contribution in [0.2, 0.25) is 5.02 Å². The summed E-state index contributed by atoms with van der Waals surface area (Å²) >= 11 is 6.10. The summed E-state index contributed by atoms with van der Waals surface area (Å²) in [4.78, 5) is 13.1. The first-order valence-corrected chi connectivity index (χ1v) is 14.1. The van der Waals surface area contributed by atoms with Crippen molar-refractivity contribution in [2.75, 3.05) is 13.1 Å². The van der Waals surface area contributed by atoms with Gasteiger partial charge in [-0.15, -0.1) is 0 Å². The maximum atomic E-state index is 13.0. The second-order valence-electron chi connectivity index (χ2n) is 9.17. The van der Waals surface area contributed by atoms with Crippen molar-refractivity contribution in [3.8, 4) is 5.75 Å². The number of carboxylic acids is 1. The highest BCUT2D eigenvalue weighted by Gasteiger charge is 2.21. The van der Waals surface area contributed by atoms with E-state index in [1.54, 1.807) is 30.3 Å². The molecule has 0 fully saturated rings. The van der Waals surface area contributed by atoms with E-state index < -0.39 is 27.7 Å². The first kappa shape index (κ1) is 28.3. The van der Waals surface area contributed by atoms with E-state index in [0.29, 0.717) is 31.1 Å². The molecule has 0 spiro atoms. The van der Waals surface area contributed by atoms with Crippen LogP contribution >= 0.6 is 11.6 Å². The summed E-state index contributed by atoms with van der Waals surface area (Å²) in [6.45, 7) is 1.63. The molecule has 0 heterocycles. The smallest absolute Gasteiger partial charge is 0.339 e. The van der Waals surface area contributed by atoms with Crippen LogP contribution in [0.25, 0.3) is 0 Å². The van der Waals surface area contributed by atoms with E-state index in [0.717, 1.165) is 28.8 Å². The summed E-state index contributed by atoms with van der Waals surface area (Å²) in [5.41, 5.74) is 2.38. The number of sulfone groups is 1. The summed E-state index contributed by atoms with van der Waals surface area (Å²) in [6.07, 6.45) is -0.118. The number of nitrogens with zero attached hydrogens (tertiary/aromatic N) is 1. The van der Waals surface area contributed by atoms with Crippen LogP contribution in [0.3, 0.4) is 0 Å². The van der Waals surface area contributed by atoms with Crippen LogP contribution < -0.4 is 0 Å². The molecule has 4 aromatic rings. The number of aromatic hydroxyl groups is 1. The van der Waals surface area contributed by atoms with Crippen LogP contribution in [0, 0.1) is 0 Å². The molecule has 202 valence electrons. The summed E-state index contributed by atoms with van der Waals surface area (Å²) in [5.74, 6) is -1.96. The number of aromatic carboxylic acids is 1. The minimum atomic E-state index is -3.95. The van der Waals surface area contributed by atoms with Crippen LogP contribution in [-0.2, 0) is 22.8 Å². The van der Waals surface area contributed by atoms with Crippen molar-refractivity contribution in [2.24, 2.45) is 0 Å². The Morgan fingerprint density at radius 2 is 1.54 bits per heavy atom. The largest absolute Gasteiger partial charge is 0.507 e. The number of benzene rings is 4. The Bertz CT molecular complexity index is 1540. The van der Waals surface area contributed by atoms with Crippen molar-refractivity contribution in [1.29, 1.82) is 0 Å². The van der Waals surface area contributed by atoms with E-state index in [1.165, 1.54) is 18.2 Å². The number of phenols is 1. The summed E-state index contributed by atoms with van der Waals surface area (Å²) in [5, 5.41) is 30.4. The number of carbonyl (C=O) groups is 1. The van der Waals surface area contributed by atoms with Gasteiger partial charge >= 0.3 is 5.97 Å². The molecule has 4 aromatic carbocycles. The number of rotatable bonds is 11. The van der Waals surface area contributed by atoms with Crippen LogP contribution in [-0.4, -0.2) is 47.7 Å². The highest BCUT2D eigenvalue weighted by Crippen LogP contribution is 2.27. The molecule has 1 atom stereocenters. The Morgan fingerprint density at radius 1 is 0.846 bits per heavy atom. The van der Waals surface area contributed by atoms with Crippen molar-refractivity contribution < 1.29 is 28.5 Å². The molecule has 7 nitrogen and oxygen atoms in total. The molecule has 0 radical (unpaired) electrons. The second-order valence-corrected chi connectivity index (χ2v) is 11.6. The predicted octanol–water partition coefficient (Wildman–Crippen LogP) is 5.35. The number of hydrogen-bond donors (Lipinski definition) is 3. The molecular weight excluding hydrogens is 538 g/mol. The third-order valence-electron chi connectivity index (χ3n) is 6.37. The summed E-state index contributed by atoms with van der Waals surface area (Å²) in [6, 6.07) is 26.7. The minimum Gasteiger partial charge on any atom is -0.507 e. The highest BCUT2D eigenvalue weighted by atomic mass is 35.5. The number of halogens is 1. The Morgan fingerprint density at radius 3 is 2.18 bits per heavy atom. The van der Waals surface area contributed by atoms with Gasteiger partial charge in [-0.25, -0.2) is 13.2 Å². The van der Waals surface area contributed by atoms with Crippen molar-refractivity contribution in [3.63, 3.8) is 0 Å². The maximum absolute atomic E-state index is 13.0. The van der Waals surface area contributed by atoms with Gasteiger partial charge in [-0.1, -0.05) is 66.2 Å². The van der Waals surface area contributed by atoms with Crippen molar-refractivity contribution >= 4 is 27.4 Å². The third-order valence-corrected chi connectivity index (χ3v) is 8.38. The lowest BCUT2D eigenvalue weighted by molar-refractivity contribution is 0.0693. The van der Waals surface area contributed by atoms with E-state index in [9.17, 15) is 23.4 Å². The lowest BCUT2D eigenvalue weighted by Crippen LogP contribution is -2.30. The zero-order valence-electron chi connectivity index (χ0n) is 20.9. The molecule has 0 aromatic heterocycles. The number of aliphatic hydroxyl groups is 1. The molecule has 4 rings (SSSR count). The van der Waals surface area contributed by atoms with Gasteiger partial charge in [0.25, 0.3) is 0 Å². The van der Waals surface area contributed by atoms with Crippen LogP contribution in [0.5, 0.6) is 5.75 Å². The Hall–Kier alpha value is -3.69. The van der Waals surface area contributed by atoms with Crippen LogP contribution in [0.15, 0.2) is 107 Å². The zero-order chi connectivity index (χ0) is 28.0. The van der Waals surface area contributed by atoms with Gasteiger partial charge < -0.3 is 15.3 Å². The SMILES string of the molecule is O=C(O)c1ccc(S(=O)(=O)c2ccc(CCN(Cc3ccccc3)CC(O)c3cccc(Cl)c3)cc2)cc1O. The average Bonchev–Trinajstić information content (AvgIpc) is 2.92. The molecule has 3 N–H and O–H groups in total. The van der Waals surface area contributed by atoms with E-state index in [1.807, 2.05) is 36.4 Å². The van der Waals surface area contributed by atoms with E-state index in [-0.39, 0.29) is 15.4 Å². The summed E-state index contributed by atoms with van der Waals surface area (Å²) in [7, 11) is -3.95. The van der Waals surface area contributed by atoms with Crippen molar-refractivity contribution in [2.45, 2.75) is 28.9 Å². The first-order chi connectivity index (χ1) is 18.6. The quantitative estimate of drug-likeness (QED) is 0.224. The molecule has 0 bridgehead atoms. The molecule has 0 aliphatic heterocycles. The van der Waals surface area contributed by atoms with Gasteiger partial charge in [0.2, 0.25) is 9.84 Å². The van der Waals surface area contributed by atoms with Gasteiger partial charge in [-0.3, -0.25) is 4.90 Å². The molecule has 0 saturated carbocycles. The fraction of sp³-hybridized carbons (Fsp3) is 0.167. The van der Waals surface area contributed by atoms with Gasteiger partial charge in [-0.05, 0) is 65.6 Å². The molecule has 0 aliphatic carbocycles. The fourth-order valence-corrected chi connectivity index (χ4v) is 5.74. The van der Waals surface area contributed by atoms with Gasteiger partial charge in [0, 0.05) is 24.7 Å². The highest BCUT2D eigenvalue weighted by molar-refractivity contribution is 7.91. The fourth-order valence-electron chi connectivity index (χ4n) is 4.26. The Kier molecular flexibility index (Phi) is 9.04. The maximum Gasteiger partial charge on any atom is 0.339 e. The monoisotopic (exact) mass is 565 g/mol. The third kappa shape index (κ3) is 7.25. The van der Waals surface area contributed by atoms with Crippen molar-refractivity contribution in [1.82, 2.24) is 4.90 Å². The van der Waals surface area contributed by atoms with Gasteiger partial charge in [0.05, 0.1) is 15.9 Å². The lowest BCUT2D eigenvalue weighted by Gasteiger charge is -2.25. The normalized spacial score (nSPS) is 12.4. The number of hydrogen-bond acceptors (Lipinski definition) is 6. The van der Waals surface area contributed by atoms with E-state index in [4.69, 9.17) is 16.7 Å². The van der Waals surface area contributed by atoms with E-state index >= 15 is 0 Å². The molecule has 39 heavy (non-hydrogen) atoms. The minimum absolute atomic E-state index is 0.0336. The predicted molar refractivity (Wildman–Crippen MR) is 149 cm³/mol.